The molecule has 0 saturated heterocycles. The molecule has 0 amide bonds. The maximum atomic E-state index is 13.5. The Balaban J connectivity index is 2.15. The van der Waals surface area contributed by atoms with Crippen LogP contribution < -0.4 is 21.7 Å². The molecule has 190 valence electrons. The molecule has 0 spiro atoms. The minimum Gasteiger partial charge on any atom is -0.491 e. The highest BCUT2D eigenvalue weighted by atomic mass is 16.5. The molecule has 0 radical (unpaired) electrons. The van der Waals surface area contributed by atoms with Gasteiger partial charge in [0.05, 0.1) is 31.4 Å². The number of aromatic nitrogens is 3. The van der Waals surface area contributed by atoms with Gasteiger partial charge in [0.2, 0.25) is 5.62 Å². The average molecular weight is 493 g/mol. The molecule has 2 aromatic carbocycles. The Morgan fingerprint density at radius 3 is 2.39 bits per heavy atom. The maximum absolute atomic E-state index is 13.5. The number of hydrogen-bond acceptors (Lipinski definition) is 6. The van der Waals surface area contributed by atoms with Crippen LogP contribution in [0, 0.1) is 12.8 Å². The summed E-state index contributed by atoms with van der Waals surface area (Å²) in [7, 11) is 1.26. The number of ether oxygens (including phenoxy) is 2. The standard InChI is InChI=1S/C27H32N4O5/c1-7-20-8-10-21(11-9-20)16-30-25(28-22-12-13-23(18(4)14-22)36-17(2)3)29-26(33)31(27(30)34)15-19(5)24(32)35-6/h7-14,17,19H,1,15-16H2,2-6H3,(H,28,29,33). The number of H-pyrrole nitrogens is 1. The first kappa shape index (κ1) is 26.5. The Morgan fingerprint density at radius 1 is 1.11 bits per heavy atom. The molecule has 0 saturated carbocycles. The lowest BCUT2D eigenvalue weighted by molar-refractivity contribution is -0.145. The smallest absolute Gasteiger partial charge is 0.335 e. The Labute approximate surface area is 209 Å². The second kappa shape index (κ2) is 11.5. The van der Waals surface area contributed by atoms with E-state index in [1.807, 2.05) is 57.2 Å². The topological polar surface area (TPSA) is 108 Å². The molecule has 9 nitrogen and oxygen atoms in total. The third-order valence-corrected chi connectivity index (χ3v) is 5.55. The summed E-state index contributed by atoms with van der Waals surface area (Å²) < 4.78 is 12.9. The van der Waals surface area contributed by atoms with Gasteiger partial charge in [0.1, 0.15) is 5.75 Å². The molecule has 3 rings (SSSR count). The minimum atomic E-state index is -0.687. The predicted molar refractivity (Wildman–Crippen MR) is 138 cm³/mol. The van der Waals surface area contributed by atoms with Gasteiger partial charge in [-0.25, -0.2) is 19.1 Å². The van der Waals surface area contributed by atoms with E-state index in [1.165, 1.54) is 11.7 Å². The zero-order chi connectivity index (χ0) is 26.4. The van der Waals surface area contributed by atoms with E-state index in [-0.39, 0.29) is 24.8 Å². The van der Waals surface area contributed by atoms with Crippen LogP contribution in [-0.2, 0) is 22.6 Å². The first-order valence-corrected chi connectivity index (χ1v) is 11.7. The lowest BCUT2D eigenvalue weighted by atomic mass is 10.1. The van der Waals surface area contributed by atoms with E-state index >= 15 is 0 Å². The van der Waals surface area contributed by atoms with Crippen LogP contribution in [0.4, 0.5) is 5.69 Å². The first-order valence-electron chi connectivity index (χ1n) is 11.7. The first-order chi connectivity index (χ1) is 17.1. The van der Waals surface area contributed by atoms with Crippen LogP contribution in [0.5, 0.6) is 5.75 Å². The molecular weight excluding hydrogens is 460 g/mol. The lowest BCUT2D eigenvalue weighted by Crippen LogP contribution is -2.51. The highest BCUT2D eigenvalue weighted by molar-refractivity contribution is 5.71. The maximum Gasteiger partial charge on any atom is 0.335 e. The Hall–Kier alpha value is -4.14. The van der Waals surface area contributed by atoms with E-state index in [4.69, 9.17) is 9.47 Å². The SMILES string of the molecule is C=Cc1ccc(Cn2c(=Nc3ccc(OC(C)C)c(C)c3)[nH]c(=O)n(CC(C)C(=O)OC)c2=O)cc1. The van der Waals surface area contributed by atoms with Crippen LogP contribution in [0.3, 0.4) is 0 Å². The number of nitrogens with zero attached hydrogens (tertiary/aromatic N) is 3. The van der Waals surface area contributed by atoms with Gasteiger partial charge in [-0.15, -0.1) is 0 Å². The number of benzene rings is 2. The summed E-state index contributed by atoms with van der Waals surface area (Å²) in [5.74, 6) is -0.464. The number of carbonyl (C=O) groups is 1. The number of nitrogens with one attached hydrogen (secondary N) is 1. The Kier molecular flexibility index (Phi) is 8.47. The zero-order valence-electron chi connectivity index (χ0n) is 21.3. The van der Waals surface area contributed by atoms with Gasteiger partial charge in [-0.3, -0.25) is 14.3 Å². The van der Waals surface area contributed by atoms with Crippen molar-refractivity contribution in [3.05, 3.63) is 92.3 Å². The second-order valence-corrected chi connectivity index (χ2v) is 8.83. The molecule has 1 aromatic heterocycles. The summed E-state index contributed by atoms with van der Waals surface area (Å²) >= 11 is 0. The van der Waals surface area contributed by atoms with E-state index in [2.05, 4.69) is 16.6 Å². The van der Waals surface area contributed by atoms with Crippen molar-refractivity contribution in [2.75, 3.05) is 7.11 Å². The molecule has 0 bridgehead atoms. The van der Waals surface area contributed by atoms with Crippen molar-refractivity contribution in [3.63, 3.8) is 0 Å². The molecular formula is C27H32N4O5. The monoisotopic (exact) mass is 492 g/mol. The third kappa shape index (κ3) is 6.29. The summed E-state index contributed by atoms with van der Waals surface area (Å²) in [6.07, 6.45) is 1.76. The summed E-state index contributed by atoms with van der Waals surface area (Å²) in [5.41, 5.74) is 2.04. The van der Waals surface area contributed by atoms with Gasteiger partial charge in [0.25, 0.3) is 0 Å². The fourth-order valence-corrected chi connectivity index (χ4v) is 3.65. The van der Waals surface area contributed by atoms with Gasteiger partial charge in [-0.05, 0) is 55.7 Å². The zero-order valence-corrected chi connectivity index (χ0v) is 21.3. The van der Waals surface area contributed by atoms with Crippen LogP contribution in [0.15, 0.2) is 63.6 Å². The third-order valence-electron chi connectivity index (χ3n) is 5.55. The highest BCUT2D eigenvalue weighted by Gasteiger charge is 2.18. The molecule has 36 heavy (non-hydrogen) atoms. The van der Waals surface area contributed by atoms with Crippen molar-refractivity contribution in [1.82, 2.24) is 14.1 Å². The van der Waals surface area contributed by atoms with Crippen molar-refractivity contribution in [3.8, 4) is 5.75 Å². The van der Waals surface area contributed by atoms with E-state index < -0.39 is 23.3 Å². The van der Waals surface area contributed by atoms with Crippen molar-refractivity contribution in [1.29, 1.82) is 0 Å². The molecule has 0 aliphatic carbocycles. The molecule has 3 aromatic rings. The molecule has 1 atom stereocenters. The number of methoxy groups -OCH3 is 1. The number of hydrogen-bond donors (Lipinski definition) is 1. The normalized spacial score (nSPS) is 12.4. The molecule has 0 aliphatic rings. The second-order valence-electron chi connectivity index (χ2n) is 8.83. The number of aromatic amines is 1. The van der Waals surface area contributed by atoms with Gasteiger partial charge in [-0.1, -0.05) is 43.8 Å². The summed E-state index contributed by atoms with van der Waals surface area (Å²) in [6, 6.07) is 12.9. The molecule has 1 heterocycles. The number of carbonyl (C=O) groups excluding carboxylic acids is 1. The van der Waals surface area contributed by atoms with Crippen molar-refractivity contribution >= 4 is 17.7 Å². The van der Waals surface area contributed by atoms with Gasteiger partial charge in [-0.2, -0.15) is 0 Å². The number of aryl methyl sites for hydroxylation is 1. The minimum absolute atomic E-state index is 0.0254. The van der Waals surface area contributed by atoms with E-state index in [0.717, 1.165) is 27.0 Å². The average Bonchev–Trinajstić information content (AvgIpc) is 2.85. The van der Waals surface area contributed by atoms with E-state index in [9.17, 15) is 14.4 Å². The van der Waals surface area contributed by atoms with Crippen LogP contribution in [-0.4, -0.2) is 33.3 Å². The predicted octanol–water partition coefficient (Wildman–Crippen LogP) is 3.17. The van der Waals surface area contributed by atoms with Gasteiger partial charge in [0.15, 0.2) is 0 Å². The summed E-state index contributed by atoms with van der Waals surface area (Å²) in [6.45, 7) is 11.2. The van der Waals surface area contributed by atoms with Gasteiger partial charge in [0, 0.05) is 6.54 Å². The Bertz CT molecular complexity index is 1430. The molecule has 1 N–H and O–H groups in total. The van der Waals surface area contributed by atoms with Crippen LogP contribution in [0.25, 0.3) is 6.08 Å². The molecule has 1 unspecified atom stereocenters. The van der Waals surface area contributed by atoms with Crippen molar-refractivity contribution in [2.45, 2.75) is 46.9 Å². The van der Waals surface area contributed by atoms with Crippen molar-refractivity contribution in [2.24, 2.45) is 10.9 Å². The molecule has 9 heteroatoms. The van der Waals surface area contributed by atoms with Crippen LogP contribution >= 0.6 is 0 Å². The van der Waals surface area contributed by atoms with E-state index in [0.29, 0.717) is 5.69 Å². The van der Waals surface area contributed by atoms with Crippen LogP contribution in [0.1, 0.15) is 37.5 Å². The fraction of sp³-hybridized carbons (Fsp3) is 0.333. The largest absolute Gasteiger partial charge is 0.491 e. The van der Waals surface area contributed by atoms with E-state index in [1.54, 1.807) is 19.1 Å². The number of esters is 1. The highest BCUT2D eigenvalue weighted by Crippen LogP contribution is 2.24. The molecule has 0 aliphatic heterocycles. The Morgan fingerprint density at radius 2 is 1.81 bits per heavy atom. The molecule has 0 fully saturated rings. The van der Waals surface area contributed by atoms with Crippen LogP contribution in [0.2, 0.25) is 0 Å². The summed E-state index contributed by atoms with van der Waals surface area (Å²) in [4.78, 5) is 45.6. The lowest BCUT2D eigenvalue weighted by Gasteiger charge is -2.14. The van der Waals surface area contributed by atoms with Gasteiger partial charge >= 0.3 is 17.3 Å². The fourth-order valence-electron chi connectivity index (χ4n) is 3.65. The van der Waals surface area contributed by atoms with Gasteiger partial charge < -0.3 is 9.47 Å². The quantitative estimate of drug-likeness (QED) is 0.462. The number of rotatable bonds is 9. The van der Waals surface area contributed by atoms with Crippen molar-refractivity contribution < 1.29 is 14.3 Å². The summed E-state index contributed by atoms with van der Waals surface area (Å²) in [5, 5.41) is 0.